The quantitative estimate of drug-likeness (QED) is 0.750. The van der Waals surface area contributed by atoms with Crippen LogP contribution in [0.2, 0.25) is 0 Å². The van der Waals surface area contributed by atoms with Crippen molar-refractivity contribution >= 4 is 29.3 Å². The summed E-state index contributed by atoms with van der Waals surface area (Å²) in [7, 11) is 0. The Kier molecular flexibility index (Phi) is 6.48. The topological polar surface area (TPSA) is 109 Å². The SMILES string of the molecule is CC(C)(C)OC(=O)NCC(=O)Nc1cccc(NC(=O)c2ccccn2)c1. The summed E-state index contributed by atoms with van der Waals surface area (Å²) in [5, 5.41) is 7.72. The molecule has 1 aromatic carbocycles. The third kappa shape index (κ3) is 7.15. The van der Waals surface area contributed by atoms with Crippen molar-refractivity contribution in [2.75, 3.05) is 17.2 Å². The summed E-state index contributed by atoms with van der Waals surface area (Å²) in [5.41, 5.74) is 0.627. The number of amides is 3. The number of hydrogen-bond acceptors (Lipinski definition) is 5. The minimum Gasteiger partial charge on any atom is -0.444 e. The summed E-state index contributed by atoms with van der Waals surface area (Å²) >= 11 is 0. The predicted molar refractivity (Wildman–Crippen MR) is 101 cm³/mol. The number of nitrogens with one attached hydrogen (secondary N) is 3. The summed E-state index contributed by atoms with van der Waals surface area (Å²) in [6.45, 7) is 4.96. The largest absolute Gasteiger partial charge is 0.444 e. The van der Waals surface area contributed by atoms with Gasteiger partial charge in [-0.1, -0.05) is 12.1 Å². The first kappa shape index (κ1) is 19.9. The van der Waals surface area contributed by atoms with Gasteiger partial charge in [0.1, 0.15) is 17.8 Å². The molecule has 0 aliphatic carbocycles. The van der Waals surface area contributed by atoms with Gasteiger partial charge in [-0.3, -0.25) is 14.6 Å². The first-order chi connectivity index (χ1) is 12.7. The Balaban J connectivity index is 1.88. The van der Waals surface area contributed by atoms with Crippen LogP contribution in [0.1, 0.15) is 31.3 Å². The number of carbonyl (C=O) groups excluding carboxylic acids is 3. The Morgan fingerprint density at radius 1 is 1.00 bits per heavy atom. The van der Waals surface area contributed by atoms with Crippen molar-refractivity contribution < 1.29 is 19.1 Å². The van der Waals surface area contributed by atoms with Crippen LogP contribution in [0.4, 0.5) is 16.2 Å². The molecule has 0 unspecified atom stereocenters. The lowest BCUT2D eigenvalue weighted by molar-refractivity contribution is -0.115. The van der Waals surface area contributed by atoms with Crippen LogP contribution in [0, 0.1) is 0 Å². The first-order valence-corrected chi connectivity index (χ1v) is 8.32. The second-order valence-corrected chi connectivity index (χ2v) is 6.65. The van der Waals surface area contributed by atoms with Crippen molar-refractivity contribution in [2.24, 2.45) is 0 Å². The van der Waals surface area contributed by atoms with Gasteiger partial charge in [-0.15, -0.1) is 0 Å². The third-order valence-corrected chi connectivity index (χ3v) is 3.09. The number of anilines is 2. The number of pyridine rings is 1. The number of benzene rings is 1. The highest BCUT2D eigenvalue weighted by atomic mass is 16.6. The minimum atomic E-state index is -0.672. The Hall–Kier alpha value is -3.42. The molecular weight excluding hydrogens is 348 g/mol. The molecule has 2 aromatic rings. The van der Waals surface area contributed by atoms with E-state index in [2.05, 4.69) is 20.9 Å². The molecule has 0 aliphatic rings. The average Bonchev–Trinajstić information content (AvgIpc) is 2.59. The Labute approximate surface area is 157 Å². The van der Waals surface area contributed by atoms with E-state index in [-0.39, 0.29) is 18.1 Å². The summed E-state index contributed by atoms with van der Waals surface area (Å²) in [6, 6.07) is 11.7. The zero-order chi connectivity index (χ0) is 19.9. The van der Waals surface area contributed by atoms with Crippen LogP contribution in [0.25, 0.3) is 0 Å². The zero-order valence-electron chi connectivity index (χ0n) is 15.4. The zero-order valence-corrected chi connectivity index (χ0v) is 15.4. The lowest BCUT2D eigenvalue weighted by Gasteiger charge is -2.19. The monoisotopic (exact) mass is 370 g/mol. The molecule has 0 bridgehead atoms. The normalized spacial score (nSPS) is 10.6. The van der Waals surface area contributed by atoms with Crippen molar-refractivity contribution in [3.05, 3.63) is 54.4 Å². The van der Waals surface area contributed by atoms with Crippen molar-refractivity contribution in [1.82, 2.24) is 10.3 Å². The molecule has 8 nitrogen and oxygen atoms in total. The molecule has 1 heterocycles. The van der Waals surface area contributed by atoms with Gasteiger partial charge in [0, 0.05) is 17.6 Å². The molecule has 27 heavy (non-hydrogen) atoms. The molecule has 0 fully saturated rings. The first-order valence-electron chi connectivity index (χ1n) is 8.32. The second-order valence-electron chi connectivity index (χ2n) is 6.65. The van der Waals surface area contributed by atoms with E-state index in [0.717, 1.165) is 0 Å². The number of carbonyl (C=O) groups is 3. The summed E-state index contributed by atoms with van der Waals surface area (Å²) in [4.78, 5) is 39.6. The standard InChI is InChI=1S/C19H22N4O4/c1-19(2,3)27-18(26)21-12-16(24)22-13-7-6-8-14(11-13)23-17(25)15-9-4-5-10-20-15/h4-11H,12H2,1-3H3,(H,21,26)(H,22,24)(H,23,25). The highest BCUT2D eigenvalue weighted by Gasteiger charge is 2.16. The summed E-state index contributed by atoms with van der Waals surface area (Å²) < 4.78 is 5.06. The number of ether oxygens (including phenoxy) is 1. The van der Waals surface area contributed by atoms with Gasteiger partial charge in [-0.2, -0.15) is 0 Å². The molecule has 1 aromatic heterocycles. The number of nitrogens with zero attached hydrogens (tertiary/aromatic N) is 1. The molecule has 0 aliphatic heterocycles. The molecule has 2 rings (SSSR count). The molecular formula is C19H22N4O4. The fourth-order valence-corrected chi connectivity index (χ4v) is 2.04. The van der Waals surface area contributed by atoms with Gasteiger partial charge < -0.3 is 20.7 Å². The average molecular weight is 370 g/mol. The molecule has 0 atom stereocenters. The Morgan fingerprint density at radius 2 is 1.70 bits per heavy atom. The molecule has 142 valence electrons. The summed E-state index contributed by atoms with van der Waals surface area (Å²) in [5.74, 6) is -0.778. The highest BCUT2D eigenvalue weighted by molar-refractivity contribution is 6.03. The third-order valence-electron chi connectivity index (χ3n) is 3.09. The van der Waals surface area contributed by atoms with E-state index in [1.165, 1.54) is 6.20 Å². The Morgan fingerprint density at radius 3 is 2.33 bits per heavy atom. The maximum Gasteiger partial charge on any atom is 0.408 e. The van der Waals surface area contributed by atoms with E-state index in [1.807, 2.05) is 0 Å². The van der Waals surface area contributed by atoms with Gasteiger partial charge >= 0.3 is 6.09 Å². The van der Waals surface area contributed by atoms with E-state index < -0.39 is 17.6 Å². The molecule has 0 radical (unpaired) electrons. The van der Waals surface area contributed by atoms with Crippen molar-refractivity contribution in [3.63, 3.8) is 0 Å². The Bertz CT molecular complexity index is 816. The molecule has 8 heteroatoms. The maximum atomic E-state index is 12.1. The van der Waals surface area contributed by atoms with Crippen LogP contribution in [0.5, 0.6) is 0 Å². The van der Waals surface area contributed by atoms with Crippen LogP contribution < -0.4 is 16.0 Å². The fraction of sp³-hybridized carbons (Fsp3) is 0.263. The van der Waals surface area contributed by atoms with Gasteiger partial charge in [-0.25, -0.2) is 4.79 Å². The maximum absolute atomic E-state index is 12.1. The van der Waals surface area contributed by atoms with Crippen molar-refractivity contribution in [2.45, 2.75) is 26.4 Å². The number of rotatable bonds is 5. The minimum absolute atomic E-state index is 0.237. The molecule has 0 spiro atoms. The predicted octanol–water partition coefficient (Wildman–Crippen LogP) is 2.80. The van der Waals surface area contributed by atoms with Gasteiger partial charge in [0.15, 0.2) is 0 Å². The van der Waals surface area contributed by atoms with E-state index in [1.54, 1.807) is 63.2 Å². The van der Waals surface area contributed by atoms with Crippen LogP contribution >= 0.6 is 0 Å². The van der Waals surface area contributed by atoms with Gasteiger partial charge in [0.2, 0.25) is 5.91 Å². The van der Waals surface area contributed by atoms with E-state index in [0.29, 0.717) is 11.4 Å². The van der Waals surface area contributed by atoms with Gasteiger partial charge in [0.25, 0.3) is 5.91 Å². The highest BCUT2D eigenvalue weighted by Crippen LogP contribution is 2.15. The number of alkyl carbamates (subject to hydrolysis) is 1. The van der Waals surface area contributed by atoms with Crippen LogP contribution in [-0.4, -0.2) is 35.0 Å². The van der Waals surface area contributed by atoms with Crippen LogP contribution in [0.15, 0.2) is 48.7 Å². The molecule has 3 N–H and O–H groups in total. The van der Waals surface area contributed by atoms with E-state index in [9.17, 15) is 14.4 Å². The van der Waals surface area contributed by atoms with Crippen molar-refractivity contribution in [3.8, 4) is 0 Å². The number of hydrogen-bond donors (Lipinski definition) is 3. The van der Waals surface area contributed by atoms with Crippen LogP contribution in [0.3, 0.4) is 0 Å². The van der Waals surface area contributed by atoms with Gasteiger partial charge in [-0.05, 0) is 51.1 Å². The lowest BCUT2D eigenvalue weighted by atomic mass is 10.2. The lowest BCUT2D eigenvalue weighted by Crippen LogP contribution is -2.37. The van der Waals surface area contributed by atoms with Gasteiger partial charge in [0.05, 0.1) is 0 Å². The van der Waals surface area contributed by atoms with E-state index in [4.69, 9.17) is 4.74 Å². The molecule has 0 saturated heterocycles. The summed E-state index contributed by atoms with van der Waals surface area (Å²) in [6.07, 6.45) is 0.859. The second kappa shape index (κ2) is 8.79. The van der Waals surface area contributed by atoms with Crippen LogP contribution in [-0.2, 0) is 9.53 Å². The number of aromatic nitrogens is 1. The fourth-order valence-electron chi connectivity index (χ4n) is 2.04. The van der Waals surface area contributed by atoms with E-state index >= 15 is 0 Å². The molecule has 0 saturated carbocycles. The smallest absolute Gasteiger partial charge is 0.408 e. The molecule has 3 amide bonds. The van der Waals surface area contributed by atoms with Crippen molar-refractivity contribution in [1.29, 1.82) is 0 Å².